The van der Waals surface area contributed by atoms with Gasteiger partial charge in [-0.3, -0.25) is 9.59 Å². The number of nitrogens with one attached hydrogen (secondary N) is 3. The first-order valence-corrected chi connectivity index (χ1v) is 16.8. The van der Waals surface area contributed by atoms with Crippen LogP contribution in [0.1, 0.15) is 62.1 Å². The van der Waals surface area contributed by atoms with Crippen molar-refractivity contribution in [3.63, 3.8) is 0 Å². The van der Waals surface area contributed by atoms with Crippen LogP contribution < -0.4 is 16.0 Å². The van der Waals surface area contributed by atoms with Gasteiger partial charge in [0, 0.05) is 12.3 Å². The summed E-state index contributed by atoms with van der Waals surface area (Å²) in [6.45, 7) is 3.18. The van der Waals surface area contributed by atoms with E-state index in [0.29, 0.717) is 12.8 Å². The zero-order valence-electron chi connectivity index (χ0n) is 28.0. The minimum Gasteiger partial charge on any atom is -0.462 e. The number of amides is 3. The van der Waals surface area contributed by atoms with E-state index < -0.39 is 35.6 Å². The van der Waals surface area contributed by atoms with Gasteiger partial charge in [0.1, 0.15) is 19.3 Å². The van der Waals surface area contributed by atoms with Crippen molar-refractivity contribution in [1.82, 2.24) is 16.0 Å². The number of allylic oxidation sites excluding steroid dienone is 2. The standard InChI is InChI=1S/C39H45N3O7/c1-39(2)25-49-37(46)34(41-38(47)48-24-33-31-18-11-9-16-29(31)30-17-10-12-19-32(30)33)20-8-4-7-15-27(36(45)42-39)22-35(44)40-28(23-43)21-26-13-5-3-6-14-26/h3-7,9-14,16-19,27-28,33-34,43H,8,15,20-25H2,1-2H3,(H,40,44)(H,41,47)(H,42,45)/t27-,28-,34+/m1/s1. The molecule has 258 valence electrons. The van der Waals surface area contributed by atoms with Crippen LogP contribution in [0.2, 0.25) is 0 Å². The Morgan fingerprint density at radius 2 is 1.61 bits per heavy atom. The summed E-state index contributed by atoms with van der Waals surface area (Å²) in [4.78, 5) is 52.6. The molecule has 10 nitrogen and oxygen atoms in total. The molecule has 0 saturated heterocycles. The first-order chi connectivity index (χ1) is 23.6. The molecule has 2 aliphatic rings. The molecule has 3 amide bonds. The number of hydrogen-bond acceptors (Lipinski definition) is 7. The molecule has 0 unspecified atom stereocenters. The first kappa shape index (κ1) is 35.3. The fraction of sp³-hybridized carbons (Fsp3) is 0.385. The van der Waals surface area contributed by atoms with Gasteiger partial charge in [0.2, 0.25) is 11.8 Å². The second-order valence-electron chi connectivity index (χ2n) is 13.3. The molecule has 1 heterocycles. The quantitative estimate of drug-likeness (QED) is 0.190. The Morgan fingerprint density at radius 3 is 2.29 bits per heavy atom. The van der Waals surface area contributed by atoms with Gasteiger partial charge in [0.05, 0.1) is 24.1 Å². The smallest absolute Gasteiger partial charge is 0.407 e. The lowest BCUT2D eigenvalue weighted by Crippen LogP contribution is -2.51. The number of hydrogen-bond donors (Lipinski definition) is 4. The summed E-state index contributed by atoms with van der Waals surface area (Å²) in [6, 6.07) is 24.2. The molecule has 3 atom stereocenters. The van der Waals surface area contributed by atoms with E-state index in [1.165, 1.54) is 0 Å². The Kier molecular flexibility index (Phi) is 11.9. The van der Waals surface area contributed by atoms with E-state index >= 15 is 0 Å². The van der Waals surface area contributed by atoms with Crippen molar-refractivity contribution in [2.24, 2.45) is 5.92 Å². The Labute approximate surface area is 287 Å². The summed E-state index contributed by atoms with van der Waals surface area (Å²) in [5.74, 6) is -2.13. The number of alkyl carbamates (subject to hydrolysis) is 1. The van der Waals surface area contributed by atoms with Crippen molar-refractivity contribution in [3.8, 4) is 11.1 Å². The molecular formula is C39H45N3O7. The van der Waals surface area contributed by atoms with Crippen molar-refractivity contribution < 1.29 is 33.8 Å². The topological polar surface area (TPSA) is 143 Å². The molecule has 1 aliphatic carbocycles. The van der Waals surface area contributed by atoms with E-state index in [0.717, 1.165) is 27.8 Å². The third kappa shape index (κ3) is 9.57. The number of carbonyl (C=O) groups is 4. The van der Waals surface area contributed by atoms with Crippen molar-refractivity contribution in [1.29, 1.82) is 0 Å². The largest absolute Gasteiger partial charge is 0.462 e. The van der Waals surface area contributed by atoms with Gasteiger partial charge < -0.3 is 30.5 Å². The number of ether oxygens (including phenoxy) is 2. The fourth-order valence-electron chi connectivity index (χ4n) is 6.35. The zero-order valence-corrected chi connectivity index (χ0v) is 28.0. The van der Waals surface area contributed by atoms with Crippen LogP contribution >= 0.6 is 0 Å². The van der Waals surface area contributed by atoms with E-state index in [-0.39, 0.29) is 56.8 Å². The number of carbonyl (C=O) groups excluding carboxylic acids is 4. The Bertz CT molecular complexity index is 1610. The summed E-state index contributed by atoms with van der Waals surface area (Å²) in [5.41, 5.74) is 4.44. The Balaban J connectivity index is 1.18. The number of aliphatic hydroxyl groups is 1. The number of esters is 1. The average molecular weight is 668 g/mol. The predicted octanol–water partition coefficient (Wildman–Crippen LogP) is 4.80. The number of benzene rings is 3. The first-order valence-electron chi connectivity index (χ1n) is 16.8. The molecule has 1 aliphatic heterocycles. The van der Waals surface area contributed by atoms with E-state index in [1.54, 1.807) is 13.8 Å². The van der Waals surface area contributed by atoms with Crippen LogP contribution in [0.4, 0.5) is 4.79 Å². The predicted molar refractivity (Wildman–Crippen MR) is 185 cm³/mol. The molecule has 3 aromatic carbocycles. The second kappa shape index (κ2) is 16.4. The van der Waals surface area contributed by atoms with Gasteiger partial charge in [-0.2, -0.15) is 0 Å². The van der Waals surface area contributed by atoms with Crippen LogP contribution in [-0.4, -0.2) is 66.4 Å². The summed E-state index contributed by atoms with van der Waals surface area (Å²) in [6.07, 6.45) is 4.26. The molecule has 0 radical (unpaired) electrons. The summed E-state index contributed by atoms with van der Waals surface area (Å²) >= 11 is 0. The number of cyclic esters (lactones) is 1. The van der Waals surface area contributed by atoms with Crippen molar-refractivity contribution in [2.45, 2.75) is 69.5 Å². The van der Waals surface area contributed by atoms with Gasteiger partial charge in [-0.25, -0.2) is 9.59 Å². The van der Waals surface area contributed by atoms with Crippen molar-refractivity contribution in [2.75, 3.05) is 19.8 Å². The van der Waals surface area contributed by atoms with Crippen LogP contribution in [0.3, 0.4) is 0 Å². The molecule has 0 aromatic heterocycles. The number of aliphatic hydroxyl groups excluding tert-OH is 1. The molecule has 10 heteroatoms. The molecule has 3 aromatic rings. The zero-order chi connectivity index (χ0) is 34.8. The highest BCUT2D eigenvalue weighted by Crippen LogP contribution is 2.44. The molecule has 5 rings (SSSR count). The lowest BCUT2D eigenvalue weighted by atomic mass is 9.96. The molecule has 0 spiro atoms. The summed E-state index contributed by atoms with van der Waals surface area (Å²) in [7, 11) is 0. The van der Waals surface area contributed by atoms with Gasteiger partial charge in [-0.15, -0.1) is 0 Å². The molecule has 0 saturated carbocycles. The van der Waals surface area contributed by atoms with Gasteiger partial charge >= 0.3 is 12.1 Å². The van der Waals surface area contributed by atoms with E-state index in [4.69, 9.17) is 9.47 Å². The van der Waals surface area contributed by atoms with Crippen LogP contribution in [0.15, 0.2) is 91.0 Å². The van der Waals surface area contributed by atoms with Crippen LogP contribution in [0.25, 0.3) is 11.1 Å². The summed E-state index contributed by atoms with van der Waals surface area (Å²) in [5, 5.41) is 18.3. The van der Waals surface area contributed by atoms with E-state index in [2.05, 4.69) is 28.1 Å². The van der Waals surface area contributed by atoms with Gasteiger partial charge in [-0.05, 0) is 67.3 Å². The van der Waals surface area contributed by atoms with Crippen LogP contribution in [0, 0.1) is 5.92 Å². The van der Waals surface area contributed by atoms with Crippen molar-refractivity contribution >= 4 is 23.9 Å². The maximum atomic E-state index is 13.4. The monoisotopic (exact) mass is 667 g/mol. The minimum atomic E-state index is -0.964. The highest BCUT2D eigenvalue weighted by atomic mass is 16.6. The SMILES string of the molecule is CC1(C)COC(=O)[C@@H](NC(=O)OCC2c3ccccc3-c3ccccc32)CCC=CC[C@H](CC(=O)N[C@@H](CO)Cc2ccccc2)C(=O)N1. The maximum absolute atomic E-state index is 13.4. The molecular weight excluding hydrogens is 622 g/mol. The van der Waals surface area contributed by atoms with Crippen molar-refractivity contribution in [3.05, 3.63) is 108 Å². The lowest BCUT2D eigenvalue weighted by molar-refractivity contribution is -0.149. The van der Waals surface area contributed by atoms with Gasteiger partial charge in [0.15, 0.2) is 0 Å². The van der Waals surface area contributed by atoms with Gasteiger partial charge in [-0.1, -0.05) is 91.0 Å². The number of rotatable bonds is 9. The molecule has 0 bridgehead atoms. The number of fused-ring (bicyclic) bond motifs is 3. The third-order valence-electron chi connectivity index (χ3n) is 8.88. The fourth-order valence-corrected chi connectivity index (χ4v) is 6.35. The normalized spacial score (nSPS) is 19.8. The summed E-state index contributed by atoms with van der Waals surface area (Å²) < 4.78 is 11.3. The lowest BCUT2D eigenvalue weighted by Gasteiger charge is -2.29. The maximum Gasteiger partial charge on any atom is 0.407 e. The Hall–Kier alpha value is -4.96. The van der Waals surface area contributed by atoms with E-state index in [9.17, 15) is 24.3 Å². The van der Waals surface area contributed by atoms with Crippen LogP contribution in [-0.2, 0) is 30.3 Å². The third-order valence-corrected chi connectivity index (χ3v) is 8.88. The average Bonchev–Trinajstić information content (AvgIpc) is 3.41. The molecule has 49 heavy (non-hydrogen) atoms. The Morgan fingerprint density at radius 1 is 0.959 bits per heavy atom. The van der Waals surface area contributed by atoms with Gasteiger partial charge in [0.25, 0.3) is 0 Å². The molecule has 4 N–H and O–H groups in total. The second-order valence-corrected chi connectivity index (χ2v) is 13.3. The van der Waals surface area contributed by atoms with Crippen LogP contribution in [0.5, 0.6) is 0 Å². The minimum absolute atomic E-state index is 0.0801. The molecule has 0 fully saturated rings. The highest BCUT2D eigenvalue weighted by molar-refractivity contribution is 5.86. The highest BCUT2D eigenvalue weighted by Gasteiger charge is 2.32. The van der Waals surface area contributed by atoms with E-state index in [1.807, 2.05) is 78.9 Å².